The summed E-state index contributed by atoms with van der Waals surface area (Å²) in [7, 11) is 0. The number of carboxylic acids is 1. The summed E-state index contributed by atoms with van der Waals surface area (Å²) in [6.45, 7) is 8.54. The monoisotopic (exact) mass is 256 g/mol. The van der Waals surface area contributed by atoms with Gasteiger partial charge in [-0.1, -0.05) is 32.0 Å². The van der Waals surface area contributed by atoms with Crippen LogP contribution < -0.4 is 0 Å². The minimum Gasteiger partial charge on any atom is -0.481 e. The Morgan fingerprint density at radius 2 is 2.24 bits per heavy atom. The van der Waals surface area contributed by atoms with Gasteiger partial charge in [-0.2, -0.15) is 0 Å². The molecule has 0 amide bonds. The van der Waals surface area contributed by atoms with E-state index in [1.165, 1.54) is 11.8 Å². The molecule has 0 spiro atoms. The SMILES string of the molecule is CCC(C)C(C)n1c(C)cnc1SCC(=O)O. The Bertz CT molecular complexity index is 390. The summed E-state index contributed by atoms with van der Waals surface area (Å²) >= 11 is 1.28. The van der Waals surface area contributed by atoms with Crippen molar-refractivity contribution < 1.29 is 9.90 Å². The van der Waals surface area contributed by atoms with Crippen molar-refractivity contribution in [2.24, 2.45) is 5.92 Å². The number of hydrogen-bond donors (Lipinski definition) is 1. The predicted octanol–water partition coefficient (Wildman–Crippen LogP) is 2.98. The minimum atomic E-state index is -0.807. The maximum absolute atomic E-state index is 10.6. The highest BCUT2D eigenvalue weighted by molar-refractivity contribution is 7.99. The number of aryl methyl sites for hydroxylation is 1. The summed E-state index contributed by atoms with van der Waals surface area (Å²) in [5.74, 6) is -0.200. The topological polar surface area (TPSA) is 55.1 Å². The smallest absolute Gasteiger partial charge is 0.313 e. The van der Waals surface area contributed by atoms with Crippen LogP contribution in [0.3, 0.4) is 0 Å². The van der Waals surface area contributed by atoms with E-state index in [4.69, 9.17) is 5.11 Å². The quantitative estimate of drug-likeness (QED) is 0.795. The van der Waals surface area contributed by atoms with Gasteiger partial charge in [0.05, 0.1) is 5.75 Å². The molecule has 4 nitrogen and oxygen atoms in total. The Kier molecular flexibility index (Phi) is 5.05. The van der Waals surface area contributed by atoms with E-state index in [1.807, 2.05) is 13.1 Å². The van der Waals surface area contributed by atoms with Crippen molar-refractivity contribution in [3.8, 4) is 0 Å². The maximum Gasteiger partial charge on any atom is 0.313 e. The Hall–Kier alpha value is -0.970. The number of carbonyl (C=O) groups is 1. The summed E-state index contributed by atoms with van der Waals surface area (Å²) in [6, 6.07) is 0.346. The normalized spacial score (nSPS) is 14.6. The molecule has 1 heterocycles. The van der Waals surface area contributed by atoms with E-state index in [0.717, 1.165) is 17.3 Å². The summed E-state index contributed by atoms with van der Waals surface area (Å²) in [4.78, 5) is 14.9. The van der Waals surface area contributed by atoms with E-state index in [1.54, 1.807) is 0 Å². The zero-order chi connectivity index (χ0) is 13.0. The first kappa shape index (κ1) is 14.1. The second-order valence-electron chi connectivity index (χ2n) is 4.36. The molecule has 1 aromatic heterocycles. The first-order chi connectivity index (χ1) is 7.97. The number of rotatable bonds is 6. The third kappa shape index (κ3) is 3.49. The molecule has 1 aromatic rings. The van der Waals surface area contributed by atoms with E-state index < -0.39 is 5.97 Å². The molecule has 96 valence electrons. The van der Waals surface area contributed by atoms with Gasteiger partial charge in [-0.05, 0) is 19.8 Å². The molecule has 5 heteroatoms. The number of imidazole rings is 1. The van der Waals surface area contributed by atoms with E-state index in [2.05, 4.69) is 30.3 Å². The van der Waals surface area contributed by atoms with Gasteiger partial charge in [-0.25, -0.2) is 4.98 Å². The molecule has 0 bridgehead atoms. The van der Waals surface area contributed by atoms with Crippen LogP contribution in [0.5, 0.6) is 0 Å². The molecule has 0 saturated carbocycles. The van der Waals surface area contributed by atoms with Crippen LogP contribution in [0.4, 0.5) is 0 Å². The lowest BCUT2D eigenvalue weighted by Gasteiger charge is -2.23. The molecule has 0 aromatic carbocycles. The third-order valence-electron chi connectivity index (χ3n) is 3.15. The van der Waals surface area contributed by atoms with Crippen LogP contribution in [0.1, 0.15) is 38.9 Å². The van der Waals surface area contributed by atoms with Gasteiger partial charge in [0, 0.05) is 17.9 Å². The lowest BCUT2D eigenvalue weighted by molar-refractivity contribution is -0.133. The fourth-order valence-electron chi connectivity index (χ4n) is 1.75. The van der Waals surface area contributed by atoms with Crippen LogP contribution in [0.15, 0.2) is 11.4 Å². The molecule has 0 radical (unpaired) electrons. The second kappa shape index (κ2) is 6.10. The minimum absolute atomic E-state index is 0.0592. The van der Waals surface area contributed by atoms with E-state index >= 15 is 0 Å². The van der Waals surface area contributed by atoms with Crippen molar-refractivity contribution in [3.63, 3.8) is 0 Å². The Balaban J connectivity index is 2.89. The molecule has 0 aliphatic carbocycles. The van der Waals surface area contributed by atoms with Gasteiger partial charge < -0.3 is 9.67 Å². The van der Waals surface area contributed by atoms with Gasteiger partial charge in [0.1, 0.15) is 0 Å². The first-order valence-corrected chi connectivity index (χ1v) is 6.84. The van der Waals surface area contributed by atoms with Gasteiger partial charge in [-0.15, -0.1) is 0 Å². The number of thioether (sulfide) groups is 1. The van der Waals surface area contributed by atoms with E-state index in [-0.39, 0.29) is 5.75 Å². The lowest BCUT2D eigenvalue weighted by Crippen LogP contribution is -2.16. The number of carboxylic acid groups (broad SMARTS) is 1. The molecule has 0 fully saturated rings. The van der Waals surface area contributed by atoms with Crippen molar-refractivity contribution in [1.29, 1.82) is 0 Å². The van der Waals surface area contributed by atoms with Crippen LogP contribution in [0, 0.1) is 12.8 Å². The molecular weight excluding hydrogens is 236 g/mol. The fourth-order valence-corrected chi connectivity index (χ4v) is 2.58. The average Bonchev–Trinajstić information content (AvgIpc) is 2.65. The zero-order valence-electron chi connectivity index (χ0n) is 10.8. The fraction of sp³-hybridized carbons (Fsp3) is 0.667. The molecule has 0 aliphatic rings. The molecule has 2 unspecified atom stereocenters. The Morgan fingerprint density at radius 3 is 2.76 bits per heavy atom. The number of aromatic nitrogens is 2. The van der Waals surface area contributed by atoms with Crippen LogP contribution >= 0.6 is 11.8 Å². The van der Waals surface area contributed by atoms with Crippen molar-refractivity contribution in [2.45, 2.75) is 45.3 Å². The molecule has 1 rings (SSSR count). The van der Waals surface area contributed by atoms with Crippen LogP contribution in [0.25, 0.3) is 0 Å². The molecular formula is C12H20N2O2S. The third-order valence-corrected chi connectivity index (χ3v) is 4.10. The largest absolute Gasteiger partial charge is 0.481 e. The van der Waals surface area contributed by atoms with Crippen LogP contribution in [-0.4, -0.2) is 26.4 Å². The number of hydrogen-bond acceptors (Lipinski definition) is 3. The molecule has 17 heavy (non-hydrogen) atoms. The average molecular weight is 256 g/mol. The Morgan fingerprint density at radius 1 is 1.59 bits per heavy atom. The van der Waals surface area contributed by atoms with E-state index in [0.29, 0.717) is 12.0 Å². The second-order valence-corrected chi connectivity index (χ2v) is 5.30. The zero-order valence-corrected chi connectivity index (χ0v) is 11.6. The van der Waals surface area contributed by atoms with Crippen molar-refractivity contribution in [1.82, 2.24) is 9.55 Å². The van der Waals surface area contributed by atoms with Crippen LogP contribution in [-0.2, 0) is 4.79 Å². The van der Waals surface area contributed by atoms with Gasteiger partial charge in [0.15, 0.2) is 5.16 Å². The van der Waals surface area contributed by atoms with E-state index in [9.17, 15) is 4.79 Å². The first-order valence-electron chi connectivity index (χ1n) is 5.85. The standard InChI is InChI=1S/C12H20N2O2S/c1-5-8(2)10(4)14-9(3)6-13-12(14)17-7-11(15)16/h6,8,10H,5,7H2,1-4H3,(H,15,16). The van der Waals surface area contributed by atoms with Crippen molar-refractivity contribution in [3.05, 3.63) is 11.9 Å². The van der Waals surface area contributed by atoms with Gasteiger partial charge >= 0.3 is 5.97 Å². The summed E-state index contributed by atoms with van der Waals surface area (Å²) in [5.41, 5.74) is 1.09. The number of nitrogens with zero attached hydrogens (tertiary/aromatic N) is 2. The highest BCUT2D eigenvalue weighted by Crippen LogP contribution is 2.28. The predicted molar refractivity (Wildman–Crippen MR) is 69.5 cm³/mol. The molecule has 0 saturated heterocycles. The van der Waals surface area contributed by atoms with Crippen molar-refractivity contribution >= 4 is 17.7 Å². The highest BCUT2D eigenvalue weighted by atomic mass is 32.2. The highest BCUT2D eigenvalue weighted by Gasteiger charge is 2.18. The van der Waals surface area contributed by atoms with Gasteiger partial charge in [0.2, 0.25) is 0 Å². The number of aliphatic carboxylic acids is 1. The van der Waals surface area contributed by atoms with Crippen molar-refractivity contribution in [2.75, 3.05) is 5.75 Å². The van der Waals surface area contributed by atoms with Gasteiger partial charge in [-0.3, -0.25) is 4.79 Å². The lowest BCUT2D eigenvalue weighted by atomic mass is 10.0. The molecule has 1 N–H and O–H groups in total. The maximum atomic E-state index is 10.6. The van der Waals surface area contributed by atoms with Gasteiger partial charge in [0.25, 0.3) is 0 Å². The Labute approximate surface area is 106 Å². The molecule has 0 aliphatic heterocycles. The molecule has 2 atom stereocenters. The summed E-state index contributed by atoms with van der Waals surface area (Å²) in [5, 5.41) is 9.51. The summed E-state index contributed by atoms with van der Waals surface area (Å²) in [6.07, 6.45) is 2.91. The van der Waals surface area contributed by atoms with Crippen LogP contribution in [0.2, 0.25) is 0 Å². The summed E-state index contributed by atoms with van der Waals surface area (Å²) < 4.78 is 2.14.